The molecule has 0 N–H and O–H groups in total. The van der Waals surface area contributed by atoms with Crippen LogP contribution < -0.4 is 0 Å². The standard InChI is InChI=1S/C4H6F3NS2/c5-4(6,7)3-1-8(2-3)10-9/h3,9H,1-2H2. The highest BCUT2D eigenvalue weighted by Crippen LogP contribution is 2.37. The minimum atomic E-state index is -4.01. The third kappa shape index (κ3) is 1.73. The van der Waals surface area contributed by atoms with Gasteiger partial charge in [0, 0.05) is 13.1 Å². The van der Waals surface area contributed by atoms with Gasteiger partial charge >= 0.3 is 6.18 Å². The summed E-state index contributed by atoms with van der Waals surface area (Å²) in [4.78, 5) is 0. The zero-order chi connectivity index (χ0) is 7.78. The number of rotatable bonds is 1. The molecule has 1 heterocycles. The molecule has 0 unspecified atom stereocenters. The van der Waals surface area contributed by atoms with Crippen LogP contribution in [-0.4, -0.2) is 23.6 Å². The highest BCUT2D eigenvalue weighted by molar-refractivity contribution is 8.67. The molecule has 1 fully saturated rings. The molecule has 0 bridgehead atoms. The fourth-order valence-electron chi connectivity index (χ4n) is 0.712. The zero-order valence-corrected chi connectivity index (χ0v) is 6.64. The summed E-state index contributed by atoms with van der Waals surface area (Å²) in [5.41, 5.74) is 0. The topological polar surface area (TPSA) is 3.24 Å². The Morgan fingerprint density at radius 3 is 2.20 bits per heavy atom. The van der Waals surface area contributed by atoms with Crippen LogP contribution in [0, 0.1) is 5.92 Å². The normalized spacial score (nSPS) is 22.8. The first-order chi connectivity index (χ1) is 4.54. The number of thiol groups is 1. The Hall–Kier alpha value is 0.450. The average molecular weight is 189 g/mol. The molecule has 0 aromatic carbocycles. The van der Waals surface area contributed by atoms with Gasteiger partial charge in [0.15, 0.2) is 0 Å². The van der Waals surface area contributed by atoms with E-state index in [0.29, 0.717) is 0 Å². The lowest BCUT2D eigenvalue weighted by Gasteiger charge is -2.37. The van der Waals surface area contributed by atoms with Crippen molar-refractivity contribution in [1.29, 1.82) is 0 Å². The molecule has 1 nitrogen and oxygen atoms in total. The second-order valence-electron chi connectivity index (χ2n) is 2.17. The fraction of sp³-hybridized carbons (Fsp3) is 1.00. The van der Waals surface area contributed by atoms with Gasteiger partial charge in [0.25, 0.3) is 0 Å². The van der Waals surface area contributed by atoms with E-state index in [1.54, 1.807) is 4.31 Å². The van der Waals surface area contributed by atoms with Gasteiger partial charge in [-0.15, -0.1) is 0 Å². The van der Waals surface area contributed by atoms with Crippen LogP contribution >= 0.6 is 22.6 Å². The molecule has 0 aromatic rings. The van der Waals surface area contributed by atoms with Crippen molar-refractivity contribution < 1.29 is 13.2 Å². The molecule has 0 aliphatic carbocycles. The molecule has 0 amide bonds. The quantitative estimate of drug-likeness (QED) is 0.381. The van der Waals surface area contributed by atoms with E-state index in [2.05, 4.69) is 11.7 Å². The lowest BCUT2D eigenvalue weighted by molar-refractivity contribution is -0.197. The van der Waals surface area contributed by atoms with E-state index >= 15 is 0 Å². The van der Waals surface area contributed by atoms with E-state index in [1.165, 1.54) is 0 Å². The number of hydrogen-bond donors (Lipinski definition) is 1. The van der Waals surface area contributed by atoms with Gasteiger partial charge in [-0.3, -0.25) is 0 Å². The lowest BCUT2D eigenvalue weighted by atomic mass is 10.0. The van der Waals surface area contributed by atoms with Crippen LogP contribution in [0.4, 0.5) is 13.2 Å². The molecule has 1 aliphatic rings. The molecule has 0 spiro atoms. The van der Waals surface area contributed by atoms with Crippen LogP contribution in [-0.2, 0) is 0 Å². The third-order valence-electron chi connectivity index (χ3n) is 1.43. The maximum Gasteiger partial charge on any atom is 0.394 e. The van der Waals surface area contributed by atoms with Crippen molar-refractivity contribution in [3.63, 3.8) is 0 Å². The van der Waals surface area contributed by atoms with Crippen LogP contribution in [0.15, 0.2) is 0 Å². The summed E-state index contributed by atoms with van der Waals surface area (Å²) in [7, 11) is 1.06. The number of alkyl halides is 3. The van der Waals surface area contributed by atoms with Crippen molar-refractivity contribution in [1.82, 2.24) is 4.31 Å². The van der Waals surface area contributed by atoms with Crippen LogP contribution in [0.25, 0.3) is 0 Å². The molecule has 60 valence electrons. The summed E-state index contributed by atoms with van der Waals surface area (Å²) >= 11 is 3.76. The molecule has 6 heteroatoms. The van der Waals surface area contributed by atoms with E-state index < -0.39 is 12.1 Å². The molecule has 1 saturated heterocycles. The Balaban J connectivity index is 2.26. The average Bonchev–Trinajstić information content (AvgIpc) is 1.57. The van der Waals surface area contributed by atoms with Gasteiger partial charge in [0.05, 0.1) is 5.92 Å². The first-order valence-corrected chi connectivity index (χ1v) is 4.50. The molecule has 1 aliphatic heterocycles. The molecule has 0 atom stereocenters. The first kappa shape index (κ1) is 8.55. The Kier molecular flexibility index (Phi) is 2.42. The number of hydrogen-bond acceptors (Lipinski definition) is 3. The molecular formula is C4H6F3NS2. The van der Waals surface area contributed by atoms with Crippen molar-refractivity contribution in [2.24, 2.45) is 5.92 Å². The van der Waals surface area contributed by atoms with Crippen molar-refractivity contribution in [3.8, 4) is 0 Å². The van der Waals surface area contributed by atoms with E-state index in [0.717, 1.165) is 11.0 Å². The van der Waals surface area contributed by atoms with Crippen molar-refractivity contribution >= 4 is 22.6 Å². The third-order valence-corrected chi connectivity index (χ3v) is 2.65. The number of halogens is 3. The number of nitrogens with zero attached hydrogens (tertiary/aromatic N) is 1. The van der Waals surface area contributed by atoms with Gasteiger partial charge in [-0.25, -0.2) is 4.31 Å². The second kappa shape index (κ2) is 2.83. The Bertz CT molecular complexity index is 120. The van der Waals surface area contributed by atoms with Crippen molar-refractivity contribution in [3.05, 3.63) is 0 Å². The van der Waals surface area contributed by atoms with E-state index in [1.807, 2.05) is 0 Å². The largest absolute Gasteiger partial charge is 0.394 e. The Morgan fingerprint density at radius 2 is 1.90 bits per heavy atom. The minimum Gasteiger partial charge on any atom is -0.240 e. The van der Waals surface area contributed by atoms with Gasteiger partial charge < -0.3 is 0 Å². The second-order valence-corrected chi connectivity index (χ2v) is 3.34. The lowest BCUT2D eigenvalue weighted by Crippen LogP contribution is -2.49. The van der Waals surface area contributed by atoms with Crippen molar-refractivity contribution in [2.75, 3.05) is 13.1 Å². The van der Waals surface area contributed by atoms with Gasteiger partial charge in [-0.05, 0) is 11.0 Å². The van der Waals surface area contributed by atoms with Crippen LogP contribution in [0.3, 0.4) is 0 Å². The molecule has 0 saturated carbocycles. The van der Waals surface area contributed by atoms with E-state index in [-0.39, 0.29) is 13.1 Å². The molecular weight excluding hydrogens is 183 g/mol. The van der Waals surface area contributed by atoms with Crippen molar-refractivity contribution in [2.45, 2.75) is 6.18 Å². The first-order valence-electron chi connectivity index (χ1n) is 2.67. The predicted molar refractivity (Wildman–Crippen MR) is 37.7 cm³/mol. The highest BCUT2D eigenvalue weighted by Gasteiger charge is 2.47. The van der Waals surface area contributed by atoms with Gasteiger partial charge in [-0.2, -0.15) is 13.2 Å². The summed E-state index contributed by atoms with van der Waals surface area (Å²) in [6, 6.07) is 0. The Labute approximate surface area is 65.9 Å². The van der Waals surface area contributed by atoms with Gasteiger partial charge in [0.1, 0.15) is 0 Å². The zero-order valence-electron chi connectivity index (χ0n) is 4.93. The maximum atomic E-state index is 11.7. The van der Waals surface area contributed by atoms with Gasteiger partial charge in [0.2, 0.25) is 0 Å². The fourth-order valence-corrected chi connectivity index (χ4v) is 1.61. The van der Waals surface area contributed by atoms with Gasteiger partial charge in [-0.1, -0.05) is 11.7 Å². The summed E-state index contributed by atoms with van der Waals surface area (Å²) in [5.74, 6) is -1.13. The monoisotopic (exact) mass is 189 g/mol. The summed E-state index contributed by atoms with van der Waals surface area (Å²) in [6.45, 7) is 0.162. The minimum absolute atomic E-state index is 0.0810. The van der Waals surface area contributed by atoms with Crippen LogP contribution in [0.1, 0.15) is 0 Å². The highest BCUT2D eigenvalue weighted by atomic mass is 33.1. The SMILES string of the molecule is FC(F)(F)C1CN(SS)C1. The van der Waals surface area contributed by atoms with Crippen LogP contribution in [0.2, 0.25) is 0 Å². The molecule has 0 radical (unpaired) electrons. The summed E-state index contributed by atoms with van der Waals surface area (Å²) in [5, 5.41) is 0. The van der Waals surface area contributed by atoms with Crippen LogP contribution in [0.5, 0.6) is 0 Å². The van der Waals surface area contributed by atoms with E-state index in [4.69, 9.17) is 0 Å². The summed E-state index contributed by atoms with van der Waals surface area (Å²) in [6.07, 6.45) is -4.01. The maximum absolute atomic E-state index is 11.7. The van der Waals surface area contributed by atoms with E-state index in [9.17, 15) is 13.2 Å². The molecule has 1 rings (SSSR count). The molecule has 0 aromatic heterocycles. The Morgan fingerprint density at radius 1 is 1.40 bits per heavy atom. The smallest absolute Gasteiger partial charge is 0.240 e. The predicted octanol–water partition coefficient (Wildman–Crippen LogP) is 1.97. The summed E-state index contributed by atoms with van der Waals surface area (Å²) < 4.78 is 36.8. The molecule has 10 heavy (non-hydrogen) atoms.